The Morgan fingerprint density at radius 3 is 3.22 bits per heavy atom. The first kappa shape index (κ1) is 14.4. The smallest absolute Gasteiger partial charge is 0.0795 e. The predicted molar refractivity (Wildman–Crippen MR) is 77.3 cm³/mol. The minimum atomic E-state index is 0.185. The van der Waals surface area contributed by atoms with Gasteiger partial charge in [-0.25, -0.2) is 0 Å². The molecule has 0 aliphatic carbocycles. The van der Waals surface area contributed by atoms with E-state index in [-0.39, 0.29) is 5.60 Å². The number of nitrogens with one attached hydrogen (secondary N) is 1. The van der Waals surface area contributed by atoms with Gasteiger partial charge in [-0.3, -0.25) is 0 Å². The molecule has 0 saturated carbocycles. The molecule has 2 aliphatic heterocycles. The fraction of sp³-hybridized carbons (Fsp3) is 0.857. The Labute approximate surface area is 115 Å². The van der Waals surface area contributed by atoms with Gasteiger partial charge < -0.3 is 14.8 Å². The minimum Gasteiger partial charge on any atom is -0.380 e. The van der Waals surface area contributed by atoms with Crippen molar-refractivity contribution >= 4 is 11.8 Å². The maximum atomic E-state index is 6.01. The standard InChI is InChI=1S/C14H25NO2S/c1-2-3-7-16-9-6-15-13-4-8-17-14(11-13)5-10-18-12-14/h2,13,15H,1,3-12H2. The Morgan fingerprint density at radius 2 is 2.44 bits per heavy atom. The maximum Gasteiger partial charge on any atom is 0.0795 e. The van der Waals surface area contributed by atoms with Crippen molar-refractivity contribution in [1.29, 1.82) is 0 Å². The van der Waals surface area contributed by atoms with Crippen molar-refractivity contribution in [3.63, 3.8) is 0 Å². The van der Waals surface area contributed by atoms with Crippen LogP contribution in [0.25, 0.3) is 0 Å². The summed E-state index contributed by atoms with van der Waals surface area (Å²) < 4.78 is 11.5. The third-order valence-electron chi connectivity index (χ3n) is 3.71. The maximum absolute atomic E-state index is 6.01. The zero-order chi connectivity index (χ0) is 12.7. The lowest BCUT2D eigenvalue weighted by molar-refractivity contribution is -0.0705. The summed E-state index contributed by atoms with van der Waals surface area (Å²) in [5.41, 5.74) is 0.185. The van der Waals surface area contributed by atoms with E-state index in [2.05, 4.69) is 11.9 Å². The number of ether oxygens (including phenoxy) is 2. The van der Waals surface area contributed by atoms with Crippen molar-refractivity contribution in [1.82, 2.24) is 5.32 Å². The summed E-state index contributed by atoms with van der Waals surface area (Å²) in [6.07, 6.45) is 6.38. The van der Waals surface area contributed by atoms with Gasteiger partial charge in [-0.1, -0.05) is 6.08 Å². The summed E-state index contributed by atoms with van der Waals surface area (Å²) in [5.74, 6) is 2.44. The van der Waals surface area contributed by atoms with Gasteiger partial charge in [0.2, 0.25) is 0 Å². The number of hydrogen-bond acceptors (Lipinski definition) is 4. The quantitative estimate of drug-likeness (QED) is 0.568. The molecule has 0 aromatic carbocycles. The topological polar surface area (TPSA) is 30.5 Å². The molecule has 18 heavy (non-hydrogen) atoms. The second kappa shape index (κ2) is 7.53. The normalized spacial score (nSPS) is 31.9. The molecule has 2 heterocycles. The fourth-order valence-electron chi connectivity index (χ4n) is 2.67. The third-order valence-corrected chi connectivity index (χ3v) is 4.93. The molecule has 104 valence electrons. The Kier molecular flexibility index (Phi) is 6.02. The van der Waals surface area contributed by atoms with Crippen molar-refractivity contribution in [3.05, 3.63) is 12.7 Å². The average molecular weight is 271 g/mol. The zero-order valence-electron chi connectivity index (χ0n) is 11.2. The molecule has 3 nitrogen and oxygen atoms in total. The van der Waals surface area contributed by atoms with Crippen LogP contribution in [0, 0.1) is 0 Å². The molecule has 0 aromatic rings. The van der Waals surface area contributed by atoms with Crippen molar-refractivity contribution in [3.8, 4) is 0 Å². The van der Waals surface area contributed by atoms with Gasteiger partial charge >= 0.3 is 0 Å². The van der Waals surface area contributed by atoms with Gasteiger partial charge in [0.05, 0.1) is 18.8 Å². The lowest BCUT2D eigenvalue weighted by Crippen LogP contribution is -2.47. The number of thioether (sulfide) groups is 1. The van der Waals surface area contributed by atoms with Crippen LogP contribution in [0.4, 0.5) is 0 Å². The monoisotopic (exact) mass is 271 g/mol. The molecule has 2 rings (SSSR count). The van der Waals surface area contributed by atoms with Crippen LogP contribution in [-0.4, -0.2) is 49.5 Å². The largest absolute Gasteiger partial charge is 0.380 e. The summed E-state index contributed by atoms with van der Waals surface area (Å²) in [5, 5.41) is 3.61. The molecule has 1 spiro atoms. The summed E-state index contributed by atoms with van der Waals surface area (Å²) >= 11 is 2.03. The molecule has 2 saturated heterocycles. The summed E-state index contributed by atoms with van der Waals surface area (Å²) in [6, 6.07) is 0.612. The molecule has 1 N–H and O–H groups in total. The van der Waals surface area contributed by atoms with E-state index in [4.69, 9.17) is 9.47 Å². The molecular formula is C14H25NO2S. The summed E-state index contributed by atoms with van der Waals surface area (Å²) in [6.45, 7) is 7.13. The van der Waals surface area contributed by atoms with Crippen LogP contribution >= 0.6 is 11.8 Å². The highest BCUT2D eigenvalue weighted by Gasteiger charge is 2.40. The zero-order valence-corrected chi connectivity index (χ0v) is 12.0. The van der Waals surface area contributed by atoms with E-state index < -0.39 is 0 Å². The molecule has 0 aromatic heterocycles. The Balaban J connectivity index is 1.59. The molecule has 0 bridgehead atoms. The van der Waals surface area contributed by atoms with E-state index in [9.17, 15) is 0 Å². The fourth-order valence-corrected chi connectivity index (χ4v) is 4.05. The highest BCUT2D eigenvalue weighted by Crippen LogP contribution is 2.38. The van der Waals surface area contributed by atoms with Gasteiger partial charge in [-0.05, 0) is 31.4 Å². The molecule has 2 unspecified atom stereocenters. The van der Waals surface area contributed by atoms with Gasteiger partial charge in [0.1, 0.15) is 0 Å². The molecule has 0 radical (unpaired) electrons. The van der Waals surface area contributed by atoms with Gasteiger partial charge in [-0.15, -0.1) is 6.58 Å². The van der Waals surface area contributed by atoms with Crippen molar-refractivity contribution in [2.24, 2.45) is 0 Å². The number of hydrogen-bond donors (Lipinski definition) is 1. The minimum absolute atomic E-state index is 0.185. The highest BCUT2D eigenvalue weighted by molar-refractivity contribution is 7.99. The lowest BCUT2D eigenvalue weighted by Gasteiger charge is -2.38. The van der Waals surface area contributed by atoms with Crippen LogP contribution in [0.5, 0.6) is 0 Å². The average Bonchev–Trinajstić information content (AvgIpc) is 2.82. The second-order valence-electron chi connectivity index (χ2n) is 5.17. The van der Waals surface area contributed by atoms with E-state index in [1.165, 1.54) is 24.3 Å². The van der Waals surface area contributed by atoms with Crippen LogP contribution in [0.2, 0.25) is 0 Å². The molecule has 2 atom stereocenters. The van der Waals surface area contributed by atoms with Gasteiger partial charge in [0.15, 0.2) is 0 Å². The van der Waals surface area contributed by atoms with Crippen LogP contribution in [0.15, 0.2) is 12.7 Å². The molecular weight excluding hydrogens is 246 g/mol. The van der Waals surface area contributed by atoms with Crippen molar-refractivity contribution in [2.75, 3.05) is 37.9 Å². The Bertz CT molecular complexity index is 254. The first-order valence-corrected chi connectivity index (χ1v) is 8.14. The van der Waals surface area contributed by atoms with E-state index in [1.54, 1.807) is 0 Å². The van der Waals surface area contributed by atoms with Crippen LogP contribution in [0.3, 0.4) is 0 Å². The number of rotatable bonds is 7. The first-order valence-electron chi connectivity index (χ1n) is 6.98. The summed E-state index contributed by atoms with van der Waals surface area (Å²) in [4.78, 5) is 0. The Hall–Kier alpha value is -0.0300. The molecule has 4 heteroatoms. The van der Waals surface area contributed by atoms with Crippen LogP contribution < -0.4 is 5.32 Å². The van der Waals surface area contributed by atoms with E-state index in [0.29, 0.717) is 6.04 Å². The second-order valence-corrected chi connectivity index (χ2v) is 6.27. The van der Waals surface area contributed by atoms with Crippen LogP contribution in [-0.2, 0) is 9.47 Å². The van der Waals surface area contributed by atoms with Crippen LogP contribution in [0.1, 0.15) is 25.7 Å². The van der Waals surface area contributed by atoms with E-state index in [1.807, 2.05) is 17.8 Å². The lowest BCUT2D eigenvalue weighted by atomic mass is 9.90. The molecule has 2 fully saturated rings. The first-order chi connectivity index (χ1) is 8.85. The SMILES string of the molecule is C=CCCOCCNC1CCOC2(CCSC2)C1. The highest BCUT2D eigenvalue weighted by atomic mass is 32.2. The Morgan fingerprint density at radius 1 is 1.50 bits per heavy atom. The third kappa shape index (κ3) is 4.26. The van der Waals surface area contributed by atoms with Crippen molar-refractivity contribution in [2.45, 2.75) is 37.3 Å². The van der Waals surface area contributed by atoms with Gasteiger partial charge in [0.25, 0.3) is 0 Å². The molecule has 0 amide bonds. The van der Waals surface area contributed by atoms with Crippen molar-refractivity contribution < 1.29 is 9.47 Å². The van der Waals surface area contributed by atoms with E-state index in [0.717, 1.165) is 39.2 Å². The van der Waals surface area contributed by atoms with Gasteiger partial charge in [0, 0.05) is 24.9 Å². The predicted octanol–water partition coefficient (Wildman–Crippen LogP) is 2.22. The molecule has 2 aliphatic rings. The van der Waals surface area contributed by atoms with E-state index >= 15 is 0 Å². The van der Waals surface area contributed by atoms with Gasteiger partial charge in [-0.2, -0.15) is 11.8 Å². The summed E-state index contributed by atoms with van der Waals surface area (Å²) in [7, 11) is 0.